The Hall–Kier alpha value is -0.930. The van der Waals surface area contributed by atoms with Crippen molar-refractivity contribution in [1.29, 1.82) is 0 Å². The molecule has 0 saturated carbocycles. The Balaban J connectivity index is 2.80. The maximum Gasteiger partial charge on any atom is 0.242 e. The van der Waals surface area contributed by atoms with Crippen LogP contribution in [0.1, 0.15) is 12.6 Å². The summed E-state index contributed by atoms with van der Waals surface area (Å²) in [7, 11) is -0.604. The number of hydrogen-bond acceptors (Lipinski definition) is 5. The third-order valence-corrected chi connectivity index (χ3v) is 4.35. The predicted octanol–water partition coefficient (Wildman–Crippen LogP) is -0.0600. The molecule has 0 saturated heterocycles. The Morgan fingerprint density at radius 2 is 2.15 bits per heavy atom. The molecule has 2 N–H and O–H groups in total. The van der Waals surface area contributed by atoms with Crippen LogP contribution in [0.15, 0.2) is 17.2 Å². The molecule has 1 heterocycles. The van der Waals surface area contributed by atoms with Gasteiger partial charge in [0.25, 0.3) is 0 Å². The minimum atomic E-state index is -3.62. The Labute approximate surface area is 119 Å². The lowest BCUT2D eigenvalue weighted by Crippen LogP contribution is -2.35. The summed E-state index contributed by atoms with van der Waals surface area (Å²) in [5.41, 5.74) is 0.563. The zero-order chi connectivity index (χ0) is 15.2. The van der Waals surface area contributed by atoms with Crippen molar-refractivity contribution in [3.63, 3.8) is 0 Å². The van der Waals surface area contributed by atoms with E-state index in [1.807, 2.05) is 6.92 Å². The van der Waals surface area contributed by atoms with Crippen LogP contribution in [0.25, 0.3) is 0 Å². The highest BCUT2D eigenvalue weighted by Gasteiger charge is 2.19. The van der Waals surface area contributed by atoms with Crippen molar-refractivity contribution in [3.05, 3.63) is 18.0 Å². The molecule has 0 aromatic carbocycles. The van der Waals surface area contributed by atoms with Crippen LogP contribution < -0.4 is 4.72 Å². The van der Waals surface area contributed by atoms with Crippen molar-refractivity contribution >= 4 is 10.0 Å². The molecule has 1 atom stereocenters. The van der Waals surface area contributed by atoms with Gasteiger partial charge in [0.15, 0.2) is 0 Å². The third-order valence-electron chi connectivity index (χ3n) is 2.96. The van der Waals surface area contributed by atoms with Crippen LogP contribution in [0.5, 0.6) is 0 Å². The van der Waals surface area contributed by atoms with Crippen LogP contribution in [0.2, 0.25) is 0 Å². The fourth-order valence-corrected chi connectivity index (χ4v) is 2.91. The second kappa shape index (κ2) is 7.75. The lowest BCUT2D eigenvalue weighted by molar-refractivity contribution is 0.0320. The van der Waals surface area contributed by atoms with E-state index < -0.39 is 10.0 Å². The van der Waals surface area contributed by atoms with Gasteiger partial charge in [0.05, 0.1) is 24.2 Å². The van der Waals surface area contributed by atoms with Gasteiger partial charge in [-0.1, -0.05) is 0 Å². The fraction of sp³-hybridized carbons (Fsp3) is 0.667. The zero-order valence-corrected chi connectivity index (χ0v) is 12.8. The summed E-state index contributed by atoms with van der Waals surface area (Å²) in [5, 5.41) is 9.18. The van der Waals surface area contributed by atoms with Gasteiger partial charge >= 0.3 is 0 Å². The second-order valence-electron chi connectivity index (χ2n) is 4.28. The molecule has 116 valence electrons. The second-order valence-corrected chi connectivity index (χ2v) is 6.04. The molecule has 7 nitrogen and oxygen atoms in total. The maximum absolute atomic E-state index is 12.2. The van der Waals surface area contributed by atoms with Crippen molar-refractivity contribution in [1.82, 2.24) is 9.29 Å². The van der Waals surface area contributed by atoms with E-state index in [2.05, 4.69) is 4.72 Å². The highest BCUT2D eigenvalue weighted by atomic mass is 32.2. The molecule has 0 bridgehead atoms. The number of ether oxygens (including phenoxy) is 2. The van der Waals surface area contributed by atoms with Crippen molar-refractivity contribution in [2.75, 3.05) is 27.4 Å². The fourth-order valence-electron chi connectivity index (χ4n) is 1.78. The van der Waals surface area contributed by atoms with Crippen molar-refractivity contribution in [2.45, 2.75) is 31.1 Å². The van der Waals surface area contributed by atoms with E-state index in [0.717, 1.165) is 0 Å². The van der Waals surface area contributed by atoms with Crippen LogP contribution in [0.3, 0.4) is 0 Å². The molecule has 20 heavy (non-hydrogen) atoms. The lowest BCUT2D eigenvalue weighted by atomic mass is 10.4. The SMILES string of the molecule is CCn1cc(S(=O)(=O)NCC(COC)OC)cc1CO. The van der Waals surface area contributed by atoms with E-state index in [-0.39, 0.29) is 24.2 Å². The molecule has 0 spiro atoms. The number of aliphatic hydroxyl groups excluding tert-OH is 1. The molecule has 0 aliphatic carbocycles. The Morgan fingerprint density at radius 3 is 2.60 bits per heavy atom. The van der Waals surface area contributed by atoms with Crippen LogP contribution in [0, 0.1) is 0 Å². The number of hydrogen-bond donors (Lipinski definition) is 2. The van der Waals surface area contributed by atoms with Gasteiger partial charge in [0.1, 0.15) is 0 Å². The van der Waals surface area contributed by atoms with Gasteiger partial charge in [-0.15, -0.1) is 0 Å². The zero-order valence-electron chi connectivity index (χ0n) is 12.0. The van der Waals surface area contributed by atoms with E-state index in [1.54, 1.807) is 4.57 Å². The van der Waals surface area contributed by atoms with Crippen LogP contribution in [-0.2, 0) is 32.6 Å². The van der Waals surface area contributed by atoms with E-state index in [4.69, 9.17) is 9.47 Å². The van der Waals surface area contributed by atoms with Gasteiger partial charge in [-0.05, 0) is 13.0 Å². The summed E-state index contributed by atoms with van der Waals surface area (Å²) in [6.45, 7) is 2.70. The Morgan fingerprint density at radius 1 is 1.45 bits per heavy atom. The third kappa shape index (κ3) is 4.29. The topological polar surface area (TPSA) is 89.8 Å². The molecule has 0 fully saturated rings. The largest absolute Gasteiger partial charge is 0.390 e. The summed E-state index contributed by atoms with van der Waals surface area (Å²) in [6, 6.07) is 1.46. The normalized spacial score (nSPS) is 13.6. The number of aromatic nitrogens is 1. The van der Waals surface area contributed by atoms with Crippen LogP contribution in [0.4, 0.5) is 0 Å². The van der Waals surface area contributed by atoms with E-state index in [1.165, 1.54) is 26.5 Å². The molecular weight excluding hydrogens is 284 g/mol. The standard InChI is InChI=1S/C12H22N2O5S/c1-4-14-7-12(5-10(14)8-15)20(16,17)13-6-11(19-3)9-18-2/h5,7,11,13,15H,4,6,8-9H2,1-3H3. The average molecular weight is 306 g/mol. The molecular formula is C12H22N2O5S. The number of sulfonamides is 1. The first-order valence-corrected chi connectivity index (χ1v) is 7.78. The maximum atomic E-state index is 12.2. The summed E-state index contributed by atoms with van der Waals surface area (Å²) in [4.78, 5) is 0.135. The van der Waals surface area contributed by atoms with E-state index >= 15 is 0 Å². The van der Waals surface area contributed by atoms with Gasteiger partial charge in [-0.3, -0.25) is 0 Å². The van der Waals surface area contributed by atoms with Gasteiger partial charge in [0.2, 0.25) is 10.0 Å². The molecule has 0 aliphatic heterocycles. The summed E-state index contributed by atoms with van der Waals surface area (Å²) >= 11 is 0. The van der Waals surface area contributed by atoms with Gasteiger partial charge in [0, 0.05) is 39.2 Å². The quantitative estimate of drug-likeness (QED) is 0.667. The number of methoxy groups -OCH3 is 2. The molecule has 1 aromatic rings. The van der Waals surface area contributed by atoms with E-state index in [9.17, 15) is 13.5 Å². The van der Waals surface area contributed by atoms with Crippen molar-refractivity contribution < 1.29 is 23.0 Å². The number of aryl methyl sites for hydroxylation is 1. The first-order valence-electron chi connectivity index (χ1n) is 6.29. The van der Waals surface area contributed by atoms with Crippen molar-refractivity contribution in [3.8, 4) is 0 Å². The van der Waals surface area contributed by atoms with Crippen LogP contribution >= 0.6 is 0 Å². The first-order chi connectivity index (χ1) is 9.48. The molecule has 1 aromatic heterocycles. The highest BCUT2D eigenvalue weighted by Crippen LogP contribution is 2.14. The number of rotatable bonds is 9. The summed E-state index contributed by atoms with van der Waals surface area (Å²) in [6.07, 6.45) is 1.16. The average Bonchev–Trinajstić information content (AvgIpc) is 2.87. The molecule has 8 heteroatoms. The minimum Gasteiger partial charge on any atom is -0.390 e. The van der Waals surface area contributed by atoms with Crippen molar-refractivity contribution in [2.24, 2.45) is 0 Å². The Bertz CT molecular complexity index is 490. The smallest absolute Gasteiger partial charge is 0.242 e. The van der Waals surface area contributed by atoms with Gasteiger partial charge in [-0.25, -0.2) is 13.1 Å². The molecule has 0 amide bonds. The van der Waals surface area contributed by atoms with Gasteiger partial charge < -0.3 is 19.1 Å². The monoisotopic (exact) mass is 306 g/mol. The Kier molecular flexibility index (Phi) is 6.63. The number of nitrogens with one attached hydrogen (secondary N) is 1. The van der Waals surface area contributed by atoms with Gasteiger partial charge in [-0.2, -0.15) is 0 Å². The summed E-state index contributed by atoms with van der Waals surface area (Å²) < 4.78 is 38.5. The lowest BCUT2D eigenvalue weighted by Gasteiger charge is -2.14. The molecule has 0 radical (unpaired) electrons. The number of nitrogens with zero attached hydrogens (tertiary/aromatic N) is 1. The predicted molar refractivity (Wildman–Crippen MR) is 73.9 cm³/mol. The highest BCUT2D eigenvalue weighted by molar-refractivity contribution is 7.89. The van der Waals surface area contributed by atoms with E-state index in [0.29, 0.717) is 18.8 Å². The first kappa shape index (κ1) is 17.1. The molecule has 1 rings (SSSR count). The minimum absolute atomic E-state index is 0.123. The summed E-state index contributed by atoms with van der Waals surface area (Å²) in [5.74, 6) is 0. The number of aliphatic hydroxyl groups is 1. The molecule has 0 aliphatic rings. The molecule has 1 unspecified atom stereocenters. The van der Waals surface area contributed by atoms with Crippen LogP contribution in [-0.4, -0.2) is 51.6 Å².